The molecule has 0 spiro atoms. The zero-order valence-corrected chi connectivity index (χ0v) is 9.21. The highest BCUT2D eigenvalue weighted by molar-refractivity contribution is 7.85. The lowest BCUT2D eigenvalue weighted by Gasteiger charge is -2.08. The SMILES string of the molecule is COC(C)CS(=O)c1cccc(N)c1. The summed E-state index contributed by atoms with van der Waals surface area (Å²) in [5, 5.41) is 0. The standard InChI is InChI=1S/C10H15NO2S/c1-8(13-2)7-14(12)10-5-3-4-9(11)6-10/h3-6,8H,7,11H2,1-2H3. The zero-order valence-electron chi connectivity index (χ0n) is 8.40. The van der Waals surface area contributed by atoms with Crippen molar-refractivity contribution in [2.24, 2.45) is 0 Å². The molecule has 78 valence electrons. The minimum atomic E-state index is -1.03. The first-order chi connectivity index (χ1) is 6.63. The van der Waals surface area contributed by atoms with Gasteiger partial charge in [0.15, 0.2) is 0 Å². The lowest BCUT2D eigenvalue weighted by Crippen LogP contribution is -2.15. The number of rotatable bonds is 4. The van der Waals surface area contributed by atoms with Crippen LogP contribution in [0.4, 0.5) is 5.69 Å². The van der Waals surface area contributed by atoms with Crippen molar-refractivity contribution in [2.75, 3.05) is 18.6 Å². The van der Waals surface area contributed by atoms with Gasteiger partial charge in [0.1, 0.15) is 0 Å². The van der Waals surface area contributed by atoms with E-state index in [-0.39, 0.29) is 6.10 Å². The molecule has 3 nitrogen and oxygen atoms in total. The maximum Gasteiger partial charge on any atom is 0.0662 e. The van der Waals surface area contributed by atoms with Gasteiger partial charge >= 0.3 is 0 Å². The van der Waals surface area contributed by atoms with Gasteiger partial charge in [0.2, 0.25) is 0 Å². The fourth-order valence-electron chi connectivity index (χ4n) is 1.03. The van der Waals surface area contributed by atoms with Crippen molar-refractivity contribution in [3.8, 4) is 0 Å². The van der Waals surface area contributed by atoms with E-state index in [1.54, 1.807) is 25.3 Å². The molecule has 2 N–H and O–H groups in total. The Bertz CT molecular complexity index is 328. The van der Waals surface area contributed by atoms with E-state index in [0.717, 1.165) is 4.90 Å². The number of hydrogen-bond donors (Lipinski definition) is 1. The van der Waals surface area contributed by atoms with Crippen molar-refractivity contribution in [3.63, 3.8) is 0 Å². The van der Waals surface area contributed by atoms with Crippen molar-refractivity contribution in [1.82, 2.24) is 0 Å². The third-order valence-electron chi connectivity index (χ3n) is 1.91. The molecular formula is C10H15NO2S. The summed E-state index contributed by atoms with van der Waals surface area (Å²) in [6.45, 7) is 1.89. The average molecular weight is 213 g/mol. The Hall–Kier alpha value is -0.870. The van der Waals surface area contributed by atoms with Gasteiger partial charge in [0.05, 0.1) is 22.7 Å². The van der Waals surface area contributed by atoms with Gasteiger partial charge in [-0.15, -0.1) is 0 Å². The van der Waals surface area contributed by atoms with Gasteiger partial charge in [-0.3, -0.25) is 4.21 Å². The number of ether oxygens (including phenoxy) is 1. The Morgan fingerprint density at radius 2 is 2.29 bits per heavy atom. The first-order valence-electron chi connectivity index (χ1n) is 4.40. The lowest BCUT2D eigenvalue weighted by molar-refractivity contribution is 0.137. The van der Waals surface area contributed by atoms with Gasteiger partial charge < -0.3 is 10.5 Å². The molecule has 0 saturated carbocycles. The number of anilines is 1. The third-order valence-corrected chi connectivity index (χ3v) is 3.46. The van der Waals surface area contributed by atoms with Gasteiger partial charge in [-0.1, -0.05) is 6.07 Å². The maximum atomic E-state index is 11.7. The highest BCUT2D eigenvalue weighted by atomic mass is 32.2. The topological polar surface area (TPSA) is 52.3 Å². The van der Waals surface area contributed by atoms with Crippen LogP contribution in [0.3, 0.4) is 0 Å². The molecule has 0 aliphatic heterocycles. The molecule has 0 aromatic heterocycles. The number of methoxy groups -OCH3 is 1. The third kappa shape index (κ3) is 3.12. The molecule has 1 aromatic rings. The molecule has 0 aliphatic carbocycles. The number of nitrogens with two attached hydrogens (primary N) is 1. The van der Waals surface area contributed by atoms with Crippen molar-refractivity contribution >= 4 is 16.5 Å². The Morgan fingerprint density at radius 1 is 1.57 bits per heavy atom. The van der Waals surface area contributed by atoms with E-state index >= 15 is 0 Å². The fraction of sp³-hybridized carbons (Fsp3) is 0.400. The largest absolute Gasteiger partial charge is 0.399 e. The van der Waals surface area contributed by atoms with E-state index in [4.69, 9.17) is 10.5 Å². The normalized spacial score (nSPS) is 15.0. The second-order valence-electron chi connectivity index (χ2n) is 3.13. The average Bonchev–Trinajstić information content (AvgIpc) is 2.17. The second kappa shape index (κ2) is 5.12. The van der Waals surface area contributed by atoms with E-state index in [9.17, 15) is 4.21 Å². The predicted molar refractivity (Wildman–Crippen MR) is 58.6 cm³/mol. The van der Waals surface area contributed by atoms with Gasteiger partial charge in [-0.2, -0.15) is 0 Å². The van der Waals surface area contributed by atoms with Gasteiger partial charge in [0, 0.05) is 17.7 Å². The molecule has 2 unspecified atom stereocenters. The summed E-state index contributed by atoms with van der Waals surface area (Å²) < 4.78 is 16.8. The summed E-state index contributed by atoms with van der Waals surface area (Å²) in [6.07, 6.45) is -0.00253. The zero-order chi connectivity index (χ0) is 10.6. The smallest absolute Gasteiger partial charge is 0.0662 e. The Labute approximate surface area is 86.7 Å². The predicted octanol–water partition coefficient (Wildman–Crippen LogP) is 1.41. The van der Waals surface area contributed by atoms with Gasteiger partial charge in [-0.05, 0) is 25.1 Å². The van der Waals surface area contributed by atoms with Gasteiger partial charge in [0.25, 0.3) is 0 Å². The van der Waals surface area contributed by atoms with Gasteiger partial charge in [-0.25, -0.2) is 0 Å². The number of hydrogen-bond acceptors (Lipinski definition) is 3. The van der Waals surface area contributed by atoms with Crippen LogP contribution < -0.4 is 5.73 Å². The van der Waals surface area contributed by atoms with Crippen LogP contribution in [0, 0.1) is 0 Å². The van der Waals surface area contributed by atoms with E-state index < -0.39 is 10.8 Å². The summed E-state index contributed by atoms with van der Waals surface area (Å²) in [7, 11) is 0.584. The van der Waals surface area contributed by atoms with E-state index in [0.29, 0.717) is 11.4 Å². The molecule has 14 heavy (non-hydrogen) atoms. The van der Waals surface area contributed by atoms with Crippen molar-refractivity contribution in [3.05, 3.63) is 24.3 Å². The monoisotopic (exact) mass is 213 g/mol. The highest BCUT2D eigenvalue weighted by Gasteiger charge is 2.08. The van der Waals surface area contributed by atoms with Crippen LogP contribution in [0.2, 0.25) is 0 Å². The maximum absolute atomic E-state index is 11.7. The minimum absolute atomic E-state index is 0.00253. The van der Waals surface area contributed by atoms with Crippen LogP contribution in [0.1, 0.15) is 6.92 Å². The highest BCUT2D eigenvalue weighted by Crippen LogP contribution is 2.12. The van der Waals surface area contributed by atoms with Crippen LogP contribution in [0.25, 0.3) is 0 Å². The molecular weight excluding hydrogens is 198 g/mol. The Kier molecular flexibility index (Phi) is 4.10. The summed E-state index contributed by atoms with van der Waals surface area (Å²) in [5.74, 6) is 0.500. The molecule has 0 radical (unpaired) electrons. The van der Waals surface area contributed by atoms with Crippen LogP contribution in [0.15, 0.2) is 29.2 Å². The molecule has 0 bridgehead atoms. The first kappa shape index (κ1) is 11.2. The summed E-state index contributed by atoms with van der Waals surface area (Å²) in [6, 6.07) is 7.13. The molecule has 1 aromatic carbocycles. The molecule has 1 rings (SSSR count). The Morgan fingerprint density at radius 3 is 2.86 bits per heavy atom. The molecule has 0 saturated heterocycles. The fourth-order valence-corrected chi connectivity index (χ4v) is 2.29. The molecule has 0 amide bonds. The summed E-state index contributed by atoms with van der Waals surface area (Å²) in [4.78, 5) is 0.758. The molecule has 2 atom stereocenters. The lowest BCUT2D eigenvalue weighted by atomic mass is 10.3. The van der Waals surface area contributed by atoms with Crippen molar-refractivity contribution < 1.29 is 8.95 Å². The summed E-state index contributed by atoms with van der Waals surface area (Å²) in [5.41, 5.74) is 6.23. The second-order valence-corrected chi connectivity index (χ2v) is 4.63. The van der Waals surface area contributed by atoms with Crippen LogP contribution >= 0.6 is 0 Å². The first-order valence-corrected chi connectivity index (χ1v) is 5.72. The molecule has 0 aliphatic rings. The molecule has 4 heteroatoms. The number of benzene rings is 1. The Balaban J connectivity index is 2.70. The van der Waals surface area contributed by atoms with Crippen molar-refractivity contribution in [1.29, 1.82) is 0 Å². The van der Waals surface area contributed by atoms with E-state index in [2.05, 4.69) is 0 Å². The quantitative estimate of drug-likeness (QED) is 0.769. The van der Waals surface area contributed by atoms with E-state index in [1.165, 1.54) is 0 Å². The van der Waals surface area contributed by atoms with Crippen LogP contribution in [0.5, 0.6) is 0 Å². The van der Waals surface area contributed by atoms with Crippen LogP contribution in [-0.4, -0.2) is 23.2 Å². The number of nitrogen functional groups attached to an aromatic ring is 1. The van der Waals surface area contributed by atoms with Crippen molar-refractivity contribution in [2.45, 2.75) is 17.9 Å². The summed E-state index contributed by atoms with van der Waals surface area (Å²) >= 11 is 0. The molecule has 0 fully saturated rings. The minimum Gasteiger partial charge on any atom is -0.399 e. The van der Waals surface area contributed by atoms with Crippen LogP contribution in [-0.2, 0) is 15.5 Å². The molecule has 0 heterocycles. The van der Waals surface area contributed by atoms with E-state index in [1.807, 2.05) is 13.0 Å².